The maximum atomic E-state index is 12.9. The zero-order valence-corrected chi connectivity index (χ0v) is 19.3. The van der Waals surface area contributed by atoms with E-state index < -0.39 is 5.54 Å². The number of hydrogen-bond acceptors (Lipinski definition) is 7. The second-order valence-corrected chi connectivity index (χ2v) is 9.29. The number of amides is 2. The van der Waals surface area contributed by atoms with Crippen molar-refractivity contribution in [2.24, 2.45) is 5.73 Å². The predicted molar refractivity (Wildman–Crippen MR) is 133 cm³/mol. The van der Waals surface area contributed by atoms with E-state index in [0.717, 1.165) is 11.1 Å². The van der Waals surface area contributed by atoms with E-state index in [2.05, 4.69) is 20.6 Å². The molecule has 0 aliphatic heterocycles. The summed E-state index contributed by atoms with van der Waals surface area (Å²) in [6.07, 6.45) is 3.09. The molecule has 2 aromatic heterocycles. The van der Waals surface area contributed by atoms with Crippen LogP contribution in [0.15, 0.2) is 54.9 Å². The number of nitrogens with zero attached hydrogens (tertiary/aromatic N) is 2. The number of carbonyl (C=O) groups is 2. The first kappa shape index (κ1) is 22.4. The fraction of sp³-hybridized carbons (Fsp3) is 0.167. The number of aryl methyl sites for hydroxylation is 1. The van der Waals surface area contributed by atoms with Crippen molar-refractivity contribution in [3.05, 3.63) is 76.4 Å². The van der Waals surface area contributed by atoms with Gasteiger partial charge in [0, 0.05) is 34.9 Å². The quantitative estimate of drug-likeness (QED) is 0.351. The van der Waals surface area contributed by atoms with Crippen molar-refractivity contribution >= 4 is 50.6 Å². The highest BCUT2D eigenvalue weighted by molar-refractivity contribution is 7.21. The van der Waals surface area contributed by atoms with Gasteiger partial charge in [-0.1, -0.05) is 18.2 Å². The molecule has 2 amide bonds. The molecule has 168 valence electrons. The molecule has 2 aromatic carbocycles. The molecule has 0 fully saturated rings. The standard InChI is InChI=1S/C24H24N6O2S/c1-13-7-8-16(29-21(31)14-5-4-6-15(11-14)24(2,3)26)12-17(13)30-22(32)20-18(25)19-23(33-20)28-10-9-27-19/h4-12H,25-26H2,1-3H3,(H,29,31)(H,30,32). The highest BCUT2D eigenvalue weighted by Crippen LogP contribution is 2.31. The van der Waals surface area contributed by atoms with Gasteiger partial charge in [0.25, 0.3) is 11.8 Å². The second kappa shape index (κ2) is 8.61. The molecule has 0 aliphatic carbocycles. The van der Waals surface area contributed by atoms with Crippen molar-refractivity contribution in [2.45, 2.75) is 26.3 Å². The Kier molecular flexibility index (Phi) is 5.84. The minimum absolute atomic E-state index is 0.270. The number of anilines is 3. The Hall–Kier alpha value is -3.82. The summed E-state index contributed by atoms with van der Waals surface area (Å²) in [5.74, 6) is -0.630. The summed E-state index contributed by atoms with van der Waals surface area (Å²) in [6, 6.07) is 12.5. The Morgan fingerprint density at radius 1 is 1.00 bits per heavy atom. The summed E-state index contributed by atoms with van der Waals surface area (Å²) < 4.78 is 0. The van der Waals surface area contributed by atoms with Gasteiger partial charge in [-0.15, -0.1) is 11.3 Å². The van der Waals surface area contributed by atoms with Crippen molar-refractivity contribution in [1.29, 1.82) is 0 Å². The maximum absolute atomic E-state index is 12.9. The molecule has 6 N–H and O–H groups in total. The van der Waals surface area contributed by atoms with Crippen LogP contribution in [0.4, 0.5) is 17.1 Å². The number of carbonyl (C=O) groups excluding carboxylic acids is 2. The van der Waals surface area contributed by atoms with Gasteiger partial charge in [0.1, 0.15) is 15.2 Å². The Labute approximate surface area is 195 Å². The number of nitrogens with two attached hydrogens (primary N) is 2. The summed E-state index contributed by atoms with van der Waals surface area (Å²) in [4.78, 5) is 35.1. The van der Waals surface area contributed by atoms with E-state index in [0.29, 0.717) is 37.8 Å². The zero-order valence-electron chi connectivity index (χ0n) is 18.5. The van der Waals surface area contributed by atoms with E-state index in [1.54, 1.807) is 36.5 Å². The van der Waals surface area contributed by atoms with Crippen molar-refractivity contribution < 1.29 is 9.59 Å². The van der Waals surface area contributed by atoms with Crippen LogP contribution in [0.3, 0.4) is 0 Å². The van der Waals surface area contributed by atoms with Gasteiger partial charge in [-0.25, -0.2) is 9.97 Å². The van der Waals surface area contributed by atoms with Crippen molar-refractivity contribution in [2.75, 3.05) is 16.4 Å². The lowest BCUT2D eigenvalue weighted by Crippen LogP contribution is -2.29. The van der Waals surface area contributed by atoms with Crippen LogP contribution in [0, 0.1) is 6.92 Å². The van der Waals surface area contributed by atoms with Crippen LogP contribution in [0.25, 0.3) is 10.3 Å². The normalized spacial score (nSPS) is 11.4. The summed E-state index contributed by atoms with van der Waals surface area (Å²) >= 11 is 1.18. The molecule has 4 aromatic rings. The van der Waals surface area contributed by atoms with E-state index >= 15 is 0 Å². The average Bonchev–Trinajstić information content (AvgIpc) is 3.12. The van der Waals surface area contributed by atoms with Gasteiger partial charge in [0.05, 0.1) is 5.69 Å². The molecule has 0 atom stereocenters. The van der Waals surface area contributed by atoms with Gasteiger partial charge in [-0.3, -0.25) is 9.59 Å². The summed E-state index contributed by atoms with van der Waals surface area (Å²) in [7, 11) is 0. The summed E-state index contributed by atoms with van der Waals surface area (Å²) in [6.45, 7) is 5.63. The number of hydrogen-bond donors (Lipinski definition) is 4. The molecule has 4 rings (SSSR count). The van der Waals surface area contributed by atoms with Crippen molar-refractivity contribution in [3.8, 4) is 0 Å². The van der Waals surface area contributed by atoms with E-state index in [9.17, 15) is 9.59 Å². The molecule has 0 saturated carbocycles. The minimum Gasteiger partial charge on any atom is -0.396 e. The molecule has 0 aliphatic rings. The largest absolute Gasteiger partial charge is 0.396 e. The van der Waals surface area contributed by atoms with Crippen LogP contribution in [0.2, 0.25) is 0 Å². The first-order valence-corrected chi connectivity index (χ1v) is 11.1. The monoisotopic (exact) mass is 460 g/mol. The van der Waals surface area contributed by atoms with Crippen LogP contribution in [0.1, 0.15) is 45.0 Å². The van der Waals surface area contributed by atoms with E-state index in [1.165, 1.54) is 17.5 Å². The van der Waals surface area contributed by atoms with Crippen LogP contribution in [0.5, 0.6) is 0 Å². The Morgan fingerprint density at radius 2 is 1.76 bits per heavy atom. The molecule has 0 saturated heterocycles. The molecule has 0 bridgehead atoms. The molecular formula is C24H24N6O2S. The first-order chi connectivity index (χ1) is 15.6. The number of nitrogens with one attached hydrogen (secondary N) is 2. The van der Waals surface area contributed by atoms with Gasteiger partial charge in [0.15, 0.2) is 0 Å². The van der Waals surface area contributed by atoms with Gasteiger partial charge in [-0.05, 0) is 56.2 Å². The summed E-state index contributed by atoms with van der Waals surface area (Å²) in [5.41, 5.74) is 15.8. The molecule has 0 unspecified atom stereocenters. The molecule has 2 heterocycles. The summed E-state index contributed by atoms with van der Waals surface area (Å²) in [5, 5.41) is 5.76. The van der Waals surface area contributed by atoms with Crippen LogP contribution in [-0.2, 0) is 5.54 Å². The zero-order chi connectivity index (χ0) is 23.8. The van der Waals surface area contributed by atoms with Crippen LogP contribution < -0.4 is 22.1 Å². The van der Waals surface area contributed by atoms with Crippen molar-refractivity contribution in [1.82, 2.24) is 9.97 Å². The van der Waals surface area contributed by atoms with E-state index in [1.807, 2.05) is 32.9 Å². The fourth-order valence-electron chi connectivity index (χ4n) is 3.29. The molecule has 9 heteroatoms. The molecule has 0 spiro atoms. The third-order valence-electron chi connectivity index (χ3n) is 5.18. The molecule has 8 nitrogen and oxygen atoms in total. The Morgan fingerprint density at radius 3 is 2.48 bits per heavy atom. The predicted octanol–water partition coefficient (Wildman–Crippen LogP) is 4.28. The third kappa shape index (κ3) is 4.69. The highest BCUT2D eigenvalue weighted by atomic mass is 32.1. The number of nitrogen functional groups attached to an aromatic ring is 1. The average molecular weight is 461 g/mol. The number of aromatic nitrogens is 2. The highest BCUT2D eigenvalue weighted by Gasteiger charge is 2.19. The maximum Gasteiger partial charge on any atom is 0.268 e. The Balaban J connectivity index is 1.55. The van der Waals surface area contributed by atoms with Gasteiger partial charge < -0.3 is 22.1 Å². The molecular weight excluding hydrogens is 436 g/mol. The lowest BCUT2D eigenvalue weighted by Gasteiger charge is -2.19. The molecule has 0 radical (unpaired) electrons. The minimum atomic E-state index is -0.558. The van der Waals surface area contributed by atoms with Gasteiger partial charge >= 0.3 is 0 Å². The van der Waals surface area contributed by atoms with E-state index in [-0.39, 0.29) is 11.8 Å². The topological polar surface area (TPSA) is 136 Å². The van der Waals surface area contributed by atoms with Crippen LogP contribution in [-0.4, -0.2) is 21.8 Å². The molecule has 33 heavy (non-hydrogen) atoms. The third-order valence-corrected chi connectivity index (χ3v) is 6.28. The SMILES string of the molecule is Cc1ccc(NC(=O)c2cccc(C(C)(C)N)c2)cc1NC(=O)c1sc2nccnc2c1N. The second-order valence-electron chi connectivity index (χ2n) is 8.30. The van der Waals surface area contributed by atoms with Crippen molar-refractivity contribution in [3.63, 3.8) is 0 Å². The number of fused-ring (bicyclic) bond motifs is 1. The van der Waals surface area contributed by atoms with Gasteiger partial charge in [-0.2, -0.15) is 0 Å². The first-order valence-electron chi connectivity index (χ1n) is 10.3. The van der Waals surface area contributed by atoms with Gasteiger partial charge in [0.2, 0.25) is 0 Å². The lowest BCUT2D eigenvalue weighted by molar-refractivity contribution is 0.102. The fourth-order valence-corrected chi connectivity index (χ4v) is 4.21. The lowest BCUT2D eigenvalue weighted by atomic mass is 9.94. The smallest absolute Gasteiger partial charge is 0.268 e. The Bertz CT molecular complexity index is 1370. The number of benzene rings is 2. The number of rotatable bonds is 5. The van der Waals surface area contributed by atoms with E-state index in [4.69, 9.17) is 11.5 Å². The number of thiophene rings is 1. The van der Waals surface area contributed by atoms with Crippen LogP contribution >= 0.6 is 11.3 Å².